The molecule has 2 aromatic carbocycles. The Balaban J connectivity index is 1.79. The van der Waals surface area contributed by atoms with Gasteiger partial charge in [-0.25, -0.2) is 0 Å². The SMILES string of the molecule is Cc1cc(CCC(=O)N[C@@H](C)[C@@H](O)Cc2ccccc2)ccc1Br. The first-order valence-electron chi connectivity index (χ1n) is 8.22. The Morgan fingerprint density at radius 3 is 2.54 bits per heavy atom. The number of carbonyl (C=O) groups excluding carboxylic acids is 1. The lowest BCUT2D eigenvalue weighted by Gasteiger charge is -2.20. The van der Waals surface area contributed by atoms with Crippen LogP contribution >= 0.6 is 15.9 Å². The molecule has 24 heavy (non-hydrogen) atoms. The molecular formula is C20H24BrNO2. The molecular weight excluding hydrogens is 366 g/mol. The molecule has 2 atom stereocenters. The summed E-state index contributed by atoms with van der Waals surface area (Å²) in [6.07, 6.45) is 1.06. The molecule has 0 aliphatic carbocycles. The molecule has 0 saturated heterocycles. The molecule has 0 spiro atoms. The van der Waals surface area contributed by atoms with E-state index in [9.17, 15) is 9.90 Å². The maximum Gasteiger partial charge on any atom is 0.220 e. The van der Waals surface area contributed by atoms with Crippen LogP contribution in [0.3, 0.4) is 0 Å². The van der Waals surface area contributed by atoms with Crippen LogP contribution in [0, 0.1) is 6.92 Å². The lowest BCUT2D eigenvalue weighted by Crippen LogP contribution is -2.42. The molecule has 0 unspecified atom stereocenters. The van der Waals surface area contributed by atoms with Gasteiger partial charge < -0.3 is 10.4 Å². The second-order valence-corrected chi connectivity index (χ2v) is 7.05. The number of aliphatic hydroxyl groups excluding tert-OH is 1. The summed E-state index contributed by atoms with van der Waals surface area (Å²) >= 11 is 3.48. The maximum absolute atomic E-state index is 12.1. The van der Waals surface area contributed by atoms with Crippen molar-refractivity contribution < 1.29 is 9.90 Å². The first-order chi connectivity index (χ1) is 11.5. The summed E-state index contributed by atoms with van der Waals surface area (Å²) < 4.78 is 1.08. The largest absolute Gasteiger partial charge is 0.391 e. The summed E-state index contributed by atoms with van der Waals surface area (Å²) in [6, 6.07) is 15.7. The average molecular weight is 390 g/mol. The van der Waals surface area contributed by atoms with E-state index in [-0.39, 0.29) is 11.9 Å². The van der Waals surface area contributed by atoms with Gasteiger partial charge in [0.1, 0.15) is 0 Å². The maximum atomic E-state index is 12.1. The van der Waals surface area contributed by atoms with Crippen LogP contribution in [0.15, 0.2) is 53.0 Å². The molecule has 128 valence electrons. The minimum absolute atomic E-state index is 0.0322. The van der Waals surface area contributed by atoms with Crippen LogP contribution in [-0.4, -0.2) is 23.2 Å². The van der Waals surface area contributed by atoms with E-state index in [1.54, 1.807) is 0 Å². The second kappa shape index (κ2) is 9.00. The van der Waals surface area contributed by atoms with Gasteiger partial charge in [0.05, 0.1) is 12.1 Å². The molecule has 0 saturated carbocycles. The number of benzene rings is 2. The fourth-order valence-corrected chi connectivity index (χ4v) is 2.82. The highest BCUT2D eigenvalue weighted by atomic mass is 79.9. The second-order valence-electron chi connectivity index (χ2n) is 6.20. The highest BCUT2D eigenvalue weighted by Gasteiger charge is 2.17. The van der Waals surface area contributed by atoms with E-state index in [0.717, 1.165) is 15.6 Å². The summed E-state index contributed by atoms with van der Waals surface area (Å²) in [4.78, 5) is 12.1. The number of aliphatic hydroxyl groups is 1. The van der Waals surface area contributed by atoms with Crippen molar-refractivity contribution in [2.45, 2.75) is 45.3 Å². The van der Waals surface area contributed by atoms with E-state index in [1.165, 1.54) is 5.56 Å². The zero-order valence-electron chi connectivity index (χ0n) is 14.1. The van der Waals surface area contributed by atoms with E-state index in [2.05, 4.69) is 27.3 Å². The monoisotopic (exact) mass is 389 g/mol. The predicted molar refractivity (Wildman–Crippen MR) is 101 cm³/mol. The average Bonchev–Trinajstić information content (AvgIpc) is 2.56. The molecule has 0 bridgehead atoms. The van der Waals surface area contributed by atoms with Gasteiger partial charge in [-0.15, -0.1) is 0 Å². The first-order valence-corrected chi connectivity index (χ1v) is 9.01. The summed E-state index contributed by atoms with van der Waals surface area (Å²) in [7, 11) is 0. The lowest BCUT2D eigenvalue weighted by molar-refractivity contribution is -0.122. The summed E-state index contributed by atoms with van der Waals surface area (Å²) in [6.45, 7) is 3.88. The fourth-order valence-electron chi connectivity index (χ4n) is 2.57. The number of aryl methyl sites for hydroxylation is 2. The highest BCUT2D eigenvalue weighted by molar-refractivity contribution is 9.10. The molecule has 0 aliphatic heterocycles. The molecule has 2 rings (SSSR count). The standard InChI is InChI=1S/C20H24BrNO2/c1-14-12-17(8-10-18(14)21)9-11-20(24)22-15(2)19(23)13-16-6-4-3-5-7-16/h3-8,10,12,15,19,23H,9,11,13H2,1-2H3,(H,22,24)/t15-,19-/m0/s1. The third kappa shape index (κ3) is 5.77. The number of amides is 1. The Morgan fingerprint density at radius 1 is 1.17 bits per heavy atom. The van der Waals surface area contributed by atoms with Crippen molar-refractivity contribution in [3.8, 4) is 0 Å². The Labute approximate surface area is 152 Å². The molecule has 0 fully saturated rings. The van der Waals surface area contributed by atoms with Crippen molar-refractivity contribution in [1.29, 1.82) is 0 Å². The Kier molecular flexibility index (Phi) is 7.00. The fraction of sp³-hybridized carbons (Fsp3) is 0.350. The van der Waals surface area contributed by atoms with Crippen molar-refractivity contribution in [3.63, 3.8) is 0 Å². The van der Waals surface area contributed by atoms with Crippen LogP contribution in [0.25, 0.3) is 0 Å². The van der Waals surface area contributed by atoms with Crippen LogP contribution < -0.4 is 5.32 Å². The van der Waals surface area contributed by atoms with Gasteiger partial charge in [0.2, 0.25) is 5.91 Å². The van der Waals surface area contributed by atoms with Crippen molar-refractivity contribution >= 4 is 21.8 Å². The van der Waals surface area contributed by atoms with Crippen molar-refractivity contribution in [1.82, 2.24) is 5.32 Å². The quantitative estimate of drug-likeness (QED) is 0.756. The summed E-state index contributed by atoms with van der Waals surface area (Å²) in [5, 5.41) is 13.2. The summed E-state index contributed by atoms with van der Waals surface area (Å²) in [5.41, 5.74) is 3.37. The highest BCUT2D eigenvalue weighted by Crippen LogP contribution is 2.18. The molecule has 4 heteroatoms. The number of nitrogens with one attached hydrogen (secondary N) is 1. The lowest BCUT2D eigenvalue weighted by atomic mass is 10.0. The third-order valence-electron chi connectivity index (χ3n) is 4.12. The first kappa shape index (κ1) is 18.7. The van der Waals surface area contributed by atoms with E-state index in [4.69, 9.17) is 0 Å². The van der Waals surface area contributed by atoms with Crippen LogP contribution in [-0.2, 0) is 17.6 Å². The normalized spacial score (nSPS) is 13.3. The molecule has 2 aromatic rings. The van der Waals surface area contributed by atoms with E-state index < -0.39 is 6.10 Å². The number of carbonyl (C=O) groups is 1. The van der Waals surface area contributed by atoms with E-state index in [1.807, 2.05) is 56.3 Å². The van der Waals surface area contributed by atoms with Gasteiger partial charge in [0.25, 0.3) is 0 Å². The minimum Gasteiger partial charge on any atom is -0.391 e. The van der Waals surface area contributed by atoms with Gasteiger partial charge in [-0.3, -0.25) is 4.79 Å². The molecule has 0 aromatic heterocycles. The van der Waals surface area contributed by atoms with Gasteiger partial charge >= 0.3 is 0 Å². The van der Waals surface area contributed by atoms with Crippen LogP contribution in [0.4, 0.5) is 0 Å². The molecule has 1 amide bonds. The van der Waals surface area contributed by atoms with Crippen molar-refractivity contribution in [2.24, 2.45) is 0 Å². The van der Waals surface area contributed by atoms with Crippen LogP contribution in [0.5, 0.6) is 0 Å². The topological polar surface area (TPSA) is 49.3 Å². The third-order valence-corrected chi connectivity index (χ3v) is 5.01. The molecule has 0 heterocycles. The zero-order chi connectivity index (χ0) is 17.5. The van der Waals surface area contributed by atoms with Gasteiger partial charge in [-0.2, -0.15) is 0 Å². The number of halogens is 1. The van der Waals surface area contributed by atoms with Crippen molar-refractivity contribution in [3.05, 3.63) is 69.7 Å². The van der Waals surface area contributed by atoms with Gasteiger partial charge in [0, 0.05) is 17.3 Å². The number of hydrogen-bond acceptors (Lipinski definition) is 2. The molecule has 0 radical (unpaired) electrons. The van der Waals surface area contributed by atoms with Crippen LogP contribution in [0.1, 0.15) is 30.0 Å². The van der Waals surface area contributed by atoms with E-state index in [0.29, 0.717) is 19.3 Å². The van der Waals surface area contributed by atoms with Crippen molar-refractivity contribution in [2.75, 3.05) is 0 Å². The molecule has 2 N–H and O–H groups in total. The molecule has 0 aliphatic rings. The van der Waals surface area contributed by atoms with Gasteiger partial charge in [-0.05, 0) is 43.0 Å². The van der Waals surface area contributed by atoms with Crippen LogP contribution in [0.2, 0.25) is 0 Å². The Morgan fingerprint density at radius 2 is 1.88 bits per heavy atom. The predicted octanol–water partition coefficient (Wildman–Crippen LogP) is 3.80. The zero-order valence-corrected chi connectivity index (χ0v) is 15.7. The van der Waals surface area contributed by atoms with Gasteiger partial charge in [-0.1, -0.05) is 58.4 Å². The smallest absolute Gasteiger partial charge is 0.220 e. The number of hydrogen-bond donors (Lipinski definition) is 2. The Hall–Kier alpha value is -1.65. The van der Waals surface area contributed by atoms with Gasteiger partial charge in [0.15, 0.2) is 0 Å². The Bertz CT molecular complexity index is 673. The molecule has 3 nitrogen and oxygen atoms in total. The number of rotatable bonds is 7. The van der Waals surface area contributed by atoms with E-state index >= 15 is 0 Å². The minimum atomic E-state index is -0.591. The summed E-state index contributed by atoms with van der Waals surface area (Å²) in [5.74, 6) is -0.0322.